The highest BCUT2D eigenvalue weighted by Crippen LogP contribution is 2.14. The van der Waals surface area contributed by atoms with Gasteiger partial charge in [0.1, 0.15) is 19.0 Å². The molecule has 4 nitrogen and oxygen atoms in total. The number of nitrogens with zero attached hydrogens (tertiary/aromatic N) is 1. The minimum absolute atomic E-state index is 0.261. The van der Waals surface area contributed by atoms with E-state index in [0.29, 0.717) is 6.61 Å². The molecule has 0 spiro atoms. The van der Waals surface area contributed by atoms with Crippen molar-refractivity contribution in [3.05, 3.63) is 42.1 Å². The largest absolute Gasteiger partial charge is 0.490 e. The van der Waals surface area contributed by atoms with Crippen LogP contribution in [0.15, 0.2) is 42.1 Å². The first-order valence-corrected chi connectivity index (χ1v) is 7.53. The normalized spacial score (nSPS) is 15.7. The lowest BCUT2D eigenvalue weighted by Crippen LogP contribution is -2.28. The quantitative estimate of drug-likeness (QED) is 0.458. The van der Waals surface area contributed by atoms with Crippen LogP contribution in [0.1, 0.15) is 26.2 Å². The summed E-state index contributed by atoms with van der Waals surface area (Å²) >= 11 is 0. The number of ether oxygens (including phenoxy) is 2. The third kappa shape index (κ3) is 5.50. The Hall–Kier alpha value is -1.97. The number of carbonyl (C=O) groups excluding carboxylic acids is 1. The number of para-hydroxylation sites is 1. The summed E-state index contributed by atoms with van der Waals surface area (Å²) in [5, 5.41) is 0. The van der Waals surface area contributed by atoms with Crippen LogP contribution in [0.2, 0.25) is 0 Å². The number of rotatable bonds is 6. The van der Waals surface area contributed by atoms with E-state index in [1.807, 2.05) is 37.3 Å². The Labute approximate surface area is 126 Å². The Balaban J connectivity index is 1.67. The van der Waals surface area contributed by atoms with E-state index in [0.717, 1.165) is 24.5 Å². The summed E-state index contributed by atoms with van der Waals surface area (Å²) < 4.78 is 10.6. The van der Waals surface area contributed by atoms with Gasteiger partial charge in [-0.3, -0.25) is 0 Å². The van der Waals surface area contributed by atoms with Gasteiger partial charge in [-0.05, 0) is 38.3 Å². The second-order valence-corrected chi connectivity index (χ2v) is 5.16. The van der Waals surface area contributed by atoms with E-state index in [-0.39, 0.29) is 12.6 Å². The standard InChI is InChI=1S/C17H23NO3/c1-15(18-10-6-3-7-11-18)14-17(19)21-13-12-20-16-8-4-2-5-9-16/h2,4-5,8-9,14H,3,6-7,10-13H2,1H3/b15-14+. The monoisotopic (exact) mass is 289 g/mol. The molecule has 2 rings (SSSR count). The molecule has 1 aromatic rings. The molecule has 1 saturated heterocycles. The molecule has 1 aliphatic heterocycles. The zero-order valence-corrected chi connectivity index (χ0v) is 12.6. The van der Waals surface area contributed by atoms with Crippen molar-refractivity contribution in [3.63, 3.8) is 0 Å². The average molecular weight is 289 g/mol. The molecule has 1 fully saturated rings. The summed E-state index contributed by atoms with van der Waals surface area (Å²) in [5.41, 5.74) is 0.990. The number of hydrogen-bond acceptors (Lipinski definition) is 4. The van der Waals surface area contributed by atoms with Crippen LogP contribution < -0.4 is 4.74 Å². The number of hydrogen-bond donors (Lipinski definition) is 0. The topological polar surface area (TPSA) is 38.8 Å². The number of benzene rings is 1. The van der Waals surface area contributed by atoms with Gasteiger partial charge in [0, 0.05) is 24.9 Å². The van der Waals surface area contributed by atoms with Gasteiger partial charge in [0.05, 0.1) is 0 Å². The number of esters is 1. The maximum atomic E-state index is 11.7. The van der Waals surface area contributed by atoms with Crippen molar-refractivity contribution < 1.29 is 14.3 Å². The molecule has 0 saturated carbocycles. The lowest BCUT2D eigenvalue weighted by Gasteiger charge is -2.29. The molecule has 0 atom stereocenters. The molecule has 1 aromatic carbocycles. The maximum Gasteiger partial charge on any atom is 0.332 e. The molecule has 0 aliphatic carbocycles. The Morgan fingerprint density at radius 3 is 2.57 bits per heavy atom. The first kappa shape index (κ1) is 15.4. The van der Waals surface area contributed by atoms with E-state index in [1.54, 1.807) is 6.08 Å². The third-order valence-electron chi connectivity index (χ3n) is 3.52. The molecule has 1 aliphatic rings. The van der Waals surface area contributed by atoms with E-state index in [1.165, 1.54) is 19.3 Å². The lowest BCUT2D eigenvalue weighted by molar-refractivity contribution is -0.138. The number of carbonyl (C=O) groups is 1. The van der Waals surface area contributed by atoms with Crippen LogP contribution in [0.4, 0.5) is 0 Å². The second-order valence-electron chi connectivity index (χ2n) is 5.16. The van der Waals surface area contributed by atoms with E-state index < -0.39 is 0 Å². The van der Waals surface area contributed by atoms with Crippen LogP contribution in [-0.4, -0.2) is 37.2 Å². The van der Waals surface area contributed by atoms with Crippen LogP contribution in [0.5, 0.6) is 5.75 Å². The fraction of sp³-hybridized carbons (Fsp3) is 0.471. The first-order valence-electron chi connectivity index (χ1n) is 7.53. The number of likely N-dealkylation sites (tertiary alicyclic amines) is 1. The van der Waals surface area contributed by atoms with Crippen LogP contribution in [0.3, 0.4) is 0 Å². The van der Waals surface area contributed by atoms with Crippen molar-refractivity contribution in [1.29, 1.82) is 0 Å². The molecule has 0 aromatic heterocycles. The van der Waals surface area contributed by atoms with Crippen LogP contribution in [0.25, 0.3) is 0 Å². The molecule has 0 radical (unpaired) electrons. The summed E-state index contributed by atoms with van der Waals surface area (Å²) in [5.74, 6) is 0.489. The van der Waals surface area contributed by atoms with Gasteiger partial charge < -0.3 is 14.4 Å². The Morgan fingerprint density at radius 2 is 1.86 bits per heavy atom. The van der Waals surface area contributed by atoms with Gasteiger partial charge in [-0.1, -0.05) is 18.2 Å². The average Bonchev–Trinajstić information content (AvgIpc) is 2.53. The van der Waals surface area contributed by atoms with Crippen LogP contribution in [-0.2, 0) is 9.53 Å². The van der Waals surface area contributed by atoms with Gasteiger partial charge in [-0.2, -0.15) is 0 Å². The van der Waals surface area contributed by atoms with E-state index in [9.17, 15) is 4.79 Å². The number of allylic oxidation sites excluding steroid dienone is 1. The Morgan fingerprint density at radius 1 is 1.14 bits per heavy atom. The fourth-order valence-electron chi connectivity index (χ4n) is 2.37. The van der Waals surface area contributed by atoms with E-state index in [2.05, 4.69) is 4.90 Å². The molecule has 0 unspecified atom stereocenters. The molecule has 1 heterocycles. The highest BCUT2D eigenvalue weighted by molar-refractivity contribution is 5.82. The highest BCUT2D eigenvalue weighted by Gasteiger charge is 2.11. The molecule has 114 valence electrons. The van der Waals surface area contributed by atoms with Gasteiger partial charge in [0.25, 0.3) is 0 Å². The van der Waals surface area contributed by atoms with Gasteiger partial charge >= 0.3 is 5.97 Å². The molecular formula is C17H23NO3. The van der Waals surface area contributed by atoms with E-state index >= 15 is 0 Å². The van der Waals surface area contributed by atoms with Crippen LogP contribution >= 0.6 is 0 Å². The summed E-state index contributed by atoms with van der Waals surface area (Å²) in [6, 6.07) is 9.50. The zero-order valence-electron chi connectivity index (χ0n) is 12.6. The van der Waals surface area contributed by atoms with Gasteiger partial charge in [0.15, 0.2) is 0 Å². The summed E-state index contributed by atoms with van der Waals surface area (Å²) in [7, 11) is 0. The first-order chi connectivity index (χ1) is 10.3. The highest BCUT2D eigenvalue weighted by atomic mass is 16.6. The van der Waals surface area contributed by atoms with Crippen molar-refractivity contribution in [2.45, 2.75) is 26.2 Å². The Bertz CT molecular complexity index is 464. The van der Waals surface area contributed by atoms with Crippen molar-refractivity contribution in [3.8, 4) is 5.75 Å². The van der Waals surface area contributed by atoms with Gasteiger partial charge in [-0.25, -0.2) is 4.79 Å². The predicted molar refractivity (Wildman–Crippen MR) is 82.1 cm³/mol. The molecule has 0 N–H and O–H groups in total. The summed E-state index contributed by atoms with van der Waals surface area (Å²) in [6.07, 6.45) is 5.26. The molecule has 21 heavy (non-hydrogen) atoms. The molecule has 0 amide bonds. The van der Waals surface area contributed by atoms with Crippen molar-refractivity contribution in [2.75, 3.05) is 26.3 Å². The number of piperidine rings is 1. The second kappa shape index (κ2) is 8.35. The smallest absolute Gasteiger partial charge is 0.332 e. The summed E-state index contributed by atoms with van der Waals surface area (Å²) in [6.45, 7) is 4.66. The van der Waals surface area contributed by atoms with Gasteiger partial charge in [-0.15, -0.1) is 0 Å². The minimum Gasteiger partial charge on any atom is -0.490 e. The summed E-state index contributed by atoms with van der Waals surface area (Å²) in [4.78, 5) is 14.0. The van der Waals surface area contributed by atoms with Gasteiger partial charge in [0.2, 0.25) is 0 Å². The fourth-order valence-corrected chi connectivity index (χ4v) is 2.37. The molecular weight excluding hydrogens is 266 g/mol. The molecule has 4 heteroatoms. The minimum atomic E-state index is -0.297. The maximum absolute atomic E-state index is 11.7. The van der Waals surface area contributed by atoms with E-state index in [4.69, 9.17) is 9.47 Å². The predicted octanol–water partition coefficient (Wildman–Crippen LogP) is 3.00. The molecule has 0 bridgehead atoms. The SMILES string of the molecule is C/C(=C\C(=O)OCCOc1ccccc1)N1CCCCC1. The van der Waals surface area contributed by atoms with Crippen molar-refractivity contribution >= 4 is 5.97 Å². The third-order valence-corrected chi connectivity index (χ3v) is 3.52. The Kier molecular flexibility index (Phi) is 6.13. The zero-order chi connectivity index (χ0) is 14.9. The van der Waals surface area contributed by atoms with Crippen molar-refractivity contribution in [1.82, 2.24) is 4.90 Å². The van der Waals surface area contributed by atoms with Crippen LogP contribution in [0, 0.1) is 0 Å². The van der Waals surface area contributed by atoms with Crippen molar-refractivity contribution in [2.24, 2.45) is 0 Å². The lowest BCUT2D eigenvalue weighted by atomic mass is 10.1.